The standard InChI is InChI=1S/C29H24FN5O4/c1-39-26-8-3-2-7-21(26)29(38)35-27-23(16-32)22(15-24(34-27)20-10-9-19(30)14-25(20)36)17-5-4-6-18(13-17)28(37)33-12-11-31/h2-10,13-15,36H,11-12,31H2,1H3,(H,33,37)(H,34,35,38). The summed E-state index contributed by atoms with van der Waals surface area (Å²) < 4.78 is 19.0. The number of anilines is 1. The van der Waals surface area contributed by atoms with Crippen molar-refractivity contribution in [2.24, 2.45) is 5.73 Å². The summed E-state index contributed by atoms with van der Waals surface area (Å²) in [5.74, 6) is -1.74. The molecule has 0 saturated heterocycles. The first-order chi connectivity index (χ1) is 18.9. The number of carbonyl (C=O) groups excluding carboxylic acids is 2. The Hall–Kier alpha value is -5.27. The third kappa shape index (κ3) is 5.84. The number of ether oxygens (including phenoxy) is 1. The number of phenols is 1. The lowest BCUT2D eigenvalue weighted by atomic mass is 9.96. The molecule has 2 amide bonds. The fourth-order valence-corrected chi connectivity index (χ4v) is 3.96. The molecule has 0 spiro atoms. The van der Waals surface area contributed by atoms with Gasteiger partial charge in [0.15, 0.2) is 5.82 Å². The SMILES string of the molecule is COc1ccccc1C(=O)Nc1nc(-c2ccc(F)cc2O)cc(-c2cccc(C(=O)NCCN)c2)c1C#N. The van der Waals surface area contributed by atoms with Gasteiger partial charge in [-0.25, -0.2) is 9.37 Å². The van der Waals surface area contributed by atoms with Gasteiger partial charge in [0.05, 0.1) is 18.4 Å². The minimum Gasteiger partial charge on any atom is -0.507 e. The predicted octanol–water partition coefficient (Wildman–Crippen LogP) is 4.08. The highest BCUT2D eigenvalue weighted by Crippen LogP contribution is 2.36. The van der Waals surface area contributed by atoms with Gasteiger partial charge in [-0.2, -0.15) is 5.26 Å². The van der Waals surface area contributed by atoms with Crippen LogP contribution in [-0.4, -0.2) is 42.1 Å². The van der Waals surface area contributed by atoms with E-state index in [1.54, 1.807) is 48.5 Å². The van der Waals surface area contributed by atoms with E-state index in [1.807, 2.05) is 0 Å². The number of carbonyl (C=O) groups is 2. The van der Waals surface area contributed by atoms with E-state index in [0.717, 1.165) is 12.1 Å². The molecular formula is C29H24FN5O4. The molecule has 196 valence electrons. The molecule has 4 rings (SSSR count). The molecule has 10 heteroatoms. The Morgan fingerprint density at radius 1 is 1.05 bits per heavy atom. The lowest BCUT2D eigenvalue weighted by molar-refractivity contribution is 0.0953. The van der Waals surface area contributed by atoms with Crippen molar-refractivity contribution in [1.82, 2.24) is 10.3 Å². The third-order valence-corrected chi connectivity index (χ3v) is 5.82. The van der Waals surface area contributed by atoms with Gasteiger partial charge in [0.1, 0.15) is 28.9 Å². The second kappa shape index (κ2) is 11.9. The van der Waals surface area contributed by atoms with E-state index in [9.17, 15) is 24.3 Å². The molecule has 5 N–H and O–H groups in total. The first kappa shape index (κ1) is 26.8. The molecule has 4 aromatic rings. The van der Waals surface area contributed by atoms with E-state index in [4.69, 9.17) is 10.5 Å². The summed E-state index contributed by atoms with van der Waals surface area (Å²) in [5.41, 5.74) is 7.17. The second-order valence-electron chi connectivity index (χ2n) is 8.33. The number of hydrogen-bond donors (Lipinski definition) is 4. The molecule has 0 aliphatic heterocycles. The van der Waals surface area contributed by atoms with Gasteiger partial charge in [0, 0.05) is 35.8 Å². The van der Waals surface area contributed by atoms with Crippen LogP contribution in [0.5, 0.6) is 11.5 Å². The molecule has 1 heterocycles. The molecule has 0 saturated carbocycles. The number of rotatable bonds is 8. The average molecular weight is 526 g/mol. The lowest BCUT2D eigenvalue weighted by Crippen LogP contribution is -2.28. The van der Waals surface area contributed by atoms with Gasteiger partial charge in [-0.15, -0.1) is 0 Å². The highest BCUT2D eigenvalue weighted by Gasteiger charge is 2.21. The number of para-hydroxylation sites is 1. The van der Waals surface area contributed by atoms with Crippen molar-refractivity contribution in [3.63, 3.8) is 0 Å². The monoisotopic (exact) mass is 525 g/mol. The Kier molecular flexibility index (Phi) is 8.14. The van der Waals surface area contributed by atoms with Gasteiger partial charge in [-0.1, -0.05) is 24.3 Å². The molecule has 0 fully saturated rings. The Bertz CT molecular complexity index is 1600. The molecule has 9 nitrogen and oxygen atoms in total. The van der Waals surface area contributed by atoms with Crippen LogP contribution >= 0.6 is 0 Å². The first-order valence-electron chi connectivity index (χ1n) is 11.8. The number of aromatic nitrogens is 1. The van der Waals surface area contributed by atoms with Crippen molar-refractivity contribution in [2.75, 3.05) is 25.5 Å². The number of aromatic hydroxyl groups is 1. The molecule has 0 aliphatic carbocycles. The van der Waals surface area contributed by atoms with Crippen LogP contribution in [0.25, 0.3) is 22.4 Å². The number of nitriles is 1. The molecule has 3 aromatic carbocycles. The maximum atomic E-state index is 13.7. The zero-order valence-corrected chi connectivity index (χ0v) is 20.9. The molecule has 1 aromatic heterocycles. The number of phenolic OH excluding ortho intramolecular Hbond substituents is 1. The fraction of sp³-hybridized carbons (Fsp3) is 0.103. The van der Waals surface area contributed by atoms with Gasteiger partial charge >= 0.3 is 0 Å². The Morgan fingerprint density at radius 3 is 2.56 bits per heavy atom. The molecule has 39 heavy (non-hydrogen) atoms. The van der Waals surface area contributed by atoms with Crippen molar-refractivity contribution in [3.05, 3.63) is 95.3 Å². The molecule has 0 atom stereocenters. The molecule has 0 radical (unpaired) electrons. The van der Waals surface area contributed by atoms with E-state index in [2.05, 4.69) is 21.7 Å². The fourth-order valence-electron chi connectivity index (χ4n) is 3.96. The van der Waals surface area contributed by atoms with Crippen LogP contribution in [0.4, 0.5) is 10.2 Å². The number of nitrogens with one attached hydrogen (secondary N) is 2. The minimum absolute atomic E-state index is 0.0168. The summed E-state index contributed by atoms with van der Waals surface area (Å²) in [6.07, 6.45) is 0. The number of amides is 2. The topological polar surface area (TPSA) is 150 Å². The summed E-state index contributed by atoms with van der Waals surface area (Å²) in [7, 11) is 1.43. The van der Waals surface area contributed by atoms with E-state index in [1.165, 1.54) is 19.2 Å². The van der Waals surface area contributed by atoms with E-state index < -0.39 is 11.7 Å². The van der Waals surface area contributed by atoms with Crippen molar-refractivity contribution < 1.29 is 23.8 Å². The van der Waals surface area contributed by atoms with Crippen LogP contribution in [0.2, 0.25) is 0 Å². The number of methoxy groups -OCH3 is 1. The van der Waals surface area contributed by atoms with Crippen LogP contribution < -0.4 is 21.1 Å². The number of halogens is 1. The molecular weight excluding hydrogens is 501 g/mol. The largest absolute Gasteiger partial charge is 0.507 e. The molecule has 0 bridgehead atoms. The second-order valence-corrected chi connectivity index (χ2v) is 8.33. The minimum atomic E-state index is -0.647. The highest BCUT2D eigenvalue weighted by molar-refractivity contribution is 6.07. The van der Waals surface area contributed by atoms with Crippen LogP contribution in [-0.2, 0) is 0 Å². The highest BCUT2D eigenvalue weighted by atomic mass is 19.1. The number of nitrogens with two attached hydrogens (primary N) is 1. The van der Waals surface area contributed by atoms with Crippen LogP contribution in [0, 0.1) is 17.1 Å². The van der Waals surface area contributed by atoms with Gasteiger partial charge < -0.3 is 26.2 Å². The van der Waals surface area contributed by atoms with Crippen LogP contribution in [0.3, 0.4) is 0 Å². The Labute approximate surface area is 223 Å². The van der Waals surface area contributed by atoms with Gasteiger partial charge in [-0.05, 0) is 48.0 Å². The predicted molar refractivity (Wildman–Crippen MR) is 144 cm³/mol. The van der Waals surface area contributed by atoms with Crippen molar-refractivity contribution in [3.8, 4) is 40.0 Å². The van der Waals surface area contributed by atoms with E-state index >= 15 is 0 Å². The number of hydrogen-bond acceptors (Lipinski definition) is 7. The maximum Gasteiger partial charge on any atom is 0.260 e. The van der Waals surface area contributed by atoms with Gasteiger partial charge in [-0.3, -0.25) is 9.59 Å². The smallest absolute Gasteiger partial charge is 0.260 e. The summed E-state index contributed by atoms with van der Waals surface area (Å²) in [6.45, 7) is 0.559. The molecule has 0 aliphatic rings. The number of nitrogens with zero attached hydrogens (tertiary/aromatic N) is 2. The van der Waals surface area contributed by atoms with E-state index in [-0.39, 0.29) is 52.9 Å². The summed E-state index contributed by atoms with van der Waals surface area (Å²) >= 11 is 0. The third-order valence-electron chi connectivity index (χ3n) is 5.82. The van der Waals surface area contributed by atoms with Crippen molar-refractivity contribution in [2.45, 2.75) is 0 Å². The first-order valence-corrected chi connectivity index (χ1v) is 11.8. The average Bonchev–Trinajstić information content (AvgIpc) is 2.95. The summed E-state index contributed by atoms with van der Waals surface area (Å²) in [5, 5.41) is 25.9. The summed E-state index contributed by atoms with van der Waals surface area (Å²) in [6, 6.07) is 20.1. The normalized spacial score (nSPS) is 10.4. The lowest BCUT2D eigenvalue weighted by Gasteiger charge is -2.15. The number of benzene rings is 3. The van der Waals surface area contributed by atoms with Gasteiger partial charge in [0.2, 0.25) is 0 Å². The number of pyridine rings is 1. The Balaban J connectivity index is 1.89. The van der Waals surface area contributed by atoms with Crippen LogP contribution in [0.1, 0.15) is 26.3 Å². The molecule has 0 unspecified atom stereocenters. The maximum absolute atomic E-state index is 13.7. The zero-order valence-electron chi connectivity index (χ0n) is 20.9. The zero-order chi connectivity index (χ0) is 27.9. The Morgan fingerprint density at radius 2 is 1.85 bits per heavy atom. The van der Waals surface area contributed by atoms with Gasteiger partial charge in [0.25, 0.3) is 11.8 Å². The van der Waals surface area contributed by atoms with Crippen molar-refractivity contribution in [1.29, 1.82) is 5.26 Å². The van der Waals surface area contributed by atoms with E-state index in [0.29, 0.717) is 22.4 Å². The quantitative estimate of drug-likeness (QED) is 0.271. The summed E-state index contributed by atoms with van der Waals surface area (Å²) in [4.78, 5) is 30.2. The van der Waals surface area contributed by atoms with Crippen LogP contribution in [0.15, 0.2) is 72.8 Å². The van der Waals surface area contributed by atoms with Crippen molar-refractivity contribution >= 4 is 17.6 Å².